The highest BCUT2D eigenvalue weighted by Gasteiger charge is 2.33. The number of halogens is 3. The van der Waals surface area contributed by atoms with Crippen LogP contribution in [0.5, 0.6) is 0 Å². The summed E-state index contributed by atoms with van der Waals surface area (Å²) in [6.45, 7) is 8.23. The molecule has 13 heteroatoms. The van der Waals surface area contributed by atoms with Gasteiger partial charge in [-0.15, -0.1) is 0 Å². The Balaban J connectivity index is 1.49. The lowest BCUT2D eigenvalue weighted by atomic mass is 10.0. The van der Waals surface area contributed by atoms with Gasteiger partial charge >= 0.3 is 6.18 Å². The Morgan fingerprint density at radius 1 is 0.958 bits per heavy atom. The average Bonchev–Trinajstić information content (AvgIpc) is 3.06. The van der Waals surface area contributed by atoms with Crippen molar-refractivity contribution >= 4 is 38.2 Å². The molecule has 2 aromatic heterocycles. The van der Waals surface area contributed by atoms with E-state index in [1.54, 1.807) is 26.0 Å². The van der Waals surface area contributed by atoms with Crippen molar-refractivity contribution in [2.24, 2.45) is 0 Å². The monoisotopic (exact) mass is 676 g/mol. The smallest absolute Gasteiger partial charge is 0.369 e. The summed E-state index contributed by atoms with van der Waals surface area (Å²) in [5.74, 6) is 0.143. The zero-order valence-electron chi connectivity index (χ0n) is 26.7. The van der Waals surface area contributed by atoms with Crippen molar-refractivity contribution < 1.29 is 21.6 Å². The Bertz CT molecular complexity index is 2160. The Kier molecular flexibility index (Phi) is 9.01. The van der Waals surface area contributed by atoms with Gasteiger partial charge < -0.3 is 15.5 Å². The molecule has 2 N–H and O–H groups in total. The van der Waals surface area contributed by atoms with Gasteiger partial charge in [-0.2, -0.15) is 18.2 Å². The number of aromatic nitrogens is 3. The van der Waals surface area contributed by atoms with Crippen LogP contribution in [-0.2, 0) is 22.6 Å². The lowest BCUT2D eigenvalue weighted by molar-refractivity contribution is -0.138. The third kappa shape index (κ3) is 6.52. The van der Waals surface area contributed by atoms with Gasteiger partial charge in [0.05, 0.1) is 22.3 Å². The molecule has 6 rings (SSSR count). The van der Waals surface area contributed by atoms with Crippen LogP contribution in [0.1, 0.15) is 30.5 Å². The van der Waals surface area contributed by atoms with Crippen molar-refractivity contribution in [1.82, 2.24) is 19.9 Å². The third-order valence-electron chi connectivity index (χ3n) is 8.49. The molecule has 0 bridgehead atoms. The molecule has 9 nitrogen and oxygen atoms in total. The Morgan fingerprint density at radius 2 is 1.67 bits per heavy atom. The van der Waals surface area contributed by atoms with E-state index in [1.807, 2.05) is 25.1 Å². The lowest BCUT2D eigenvalue weighted by Gasteiger charge is -2.30. The minimum atomic E-state index is -4.66. The van der Waals surface area contributed by atoms with Gasteiger partial charge in [-0.3, -0.25) is 9.36 Å². The normalized spacial score (nSPS) is 14.1. The van der Waals surface area contributed by atoms with E-state index < -0.39 is 38.9 Å². The molecule has 1 aliphatic heterocycles. The van der Waals surface area contributed by atoms with Gasteiger partial charge in [0.2, 0.25) is 5.95 Å². The standard InChI is InChI=1S/C35H35F3N6O3S/c1-22(2)48(46,47)31-11-7-5-9-27(31)28-19-25-20-40-34(41-26-12-13-30(23(3)18-26)43-16-14-39-15-17-43)42-32(25)44(33(28)45)21-24-8-4-6-10-29(24)35(36,37)38/h4-13,18-20,22,39H,14-17,21H2,1-3H3,(H,40,41,42). The fourth-order valence-electron chi connectivity index (χ4n) is 5.98. The Hall–Kier alpha value is -4.75. The third-order valence-corrected chi connectivity index (χ3v) is 10.7. The van der Waals surface area contributed by atoms with Crippen molar-refractivity contribution in [3.05, 3.63) is 106 Å². The minimum Gasteiger partial charge on any atom is -0.369 e. The van der Waals surface area contributed by atoms with E-state index in [9.17, 15) is 26.4 Å². The van der Waals surface area contributed by atoms with Crippen molar-refractivity contribution in [3.8, 4) is 11.1 Å². The summed E-state index contributed by atoms with van der Waals surface area (Å²) < 4.78 is 70.0. The number of aryl methyl sites for hydroxylation is 1. The fraction of sp³-hybridized carbons (Fsp3) is 0.286. The zero-order valence-corrected chi connectivity index (χ0v) is 27.5. The quantitative estimate of drug-likeness (QED) is 0.201. The predicted molar refractivity (Wildman–Crippen MR) is 182 cm³/mol. The summed E-state index contributed by atoms with van der Waals surface area (Å²) in [6.07, 6.45) is -3.19. The van der Waals surface area contributed by atoms with Crippen molar-refractivity contribution in [3.63, 3.8) is 0 Å². The number of fused-ring (bicyclic) bond motifs is 1. The van der Waals surface area contributed by atoms with E-state index in [0.29, 0.717) is 11.1 Å². The van der Waals surface area contributed by atoms with Crippen LogP contribution < -0.4 is 21.1 Å². The van der Waals surface area contributed by atoms with Crippen molar-refractivity contribution in [2.75, 3.05) is 36.4 Å². The highest BCUT2D eigenvalue weighted by Crippen LogP contribution is 2.34. The first-order valence-corrected chi connectivity index (χ1v) is 17.1. The van der Waals surface area contributed by atoms with Gasteiger partial charge in [0.15, 0.2) is 9.84 Å². The first-order chi connectivity index (χ1) is 22.8. The zero-order chi connectivity index (χ0) is 34.2. The second kappa shape index (κ2) is 13.0. The summed E-state index contributed by atoms with van der Waals surface area (Å²) in [7, 11) is -3.82. The van der Waals surface area contributed by atoms with Crippen LogP contribution in [0.15, 0.2) is 88.7 Å². The largest absolute Gasteiger partial charge is 0.416 e. The molecule has 3 heterocycles. The van der Waals surface area contributed by atoms with E-state index in [2.05, 4.69) is 25.5 Å². The highest BCUT2D eigenvalue weighted by molar-refractivity contribution is 7.92. The maximum atomic E-state index is 14.3. The van der Waals surface area contributed by atoms with E-state index in [1.165, 1.54) is 42.6 Å². The summed E-state index contributed by atoms with van der Waals surface area (Å²) in [6, 6.07) is 18.5. The van der Waals surface area contributed by atoms with E-state index in [-0.39, 0.29) is 33.2 Å². The molecule has 0 amide bonds. The molecule has 0 saturated carbocycles. The van der Waals surface area contributed by atoms with Crippen LogP contribution in [0.25, 0.3) is 22.2 Å². The van der Waals surface area contributed by atoms with Crippen LogP contribution in [0.2, 0.25) is 0 Å². The molecule has 1 saturated heterocycles. The van der Waals surface area contributed by atoms with E-state index in [4.69, 9.17) is 0 Å². The van der Waals surface area contributed by atoms with Crippen molar-refractivity contribution in [2.45, 2.75) is 43.6 Å². The van der Waals surface area contributed by atoms with E-state index >= 15 is 0 Å². The number of hydrogen-bond donors (Lipinski definition) is 2. The van der Waals surface area contributed by atoms with Crippen LogP contribution in [0.3, 0.4) is 0 Å². The first kappa shape index (κ1) is 33.2. The number of anilines is 3. The molecule has 1 aliphatic rings. The van der Waals surface area contributed by atoms with Gasteiger partial charge in [-0.1, -0.05) is 36.4 Å². The number of hydrogen-bond acceptors (Lipinski definition) is 8. The maximum Gasteiger partial charge on any atom is 0.416 e. The van der Waals surface area contributed by atoms with Gasteiger partial charge in [0, 0.05) is 60.3 Å². The maximum absolute atomic E-state index is 14.3. The molecule has 48 heavy (non-hydrogen) atoms. The van der Waals surface area contributed by atoms with Crippen LogP contribution in [-0.4, -0.2) is 54.4 Å². The summed E-state index contributed by atoms with van der Waals surface area (Å²) >= 11 is 0. The summed E-state index contributed by atoms with van der Waals surface area (Å²) in [5.41, 5.74) is 1.41. The number of rotatable bonds is 8. The minimum absolute atomic E-state index is 0.00949. The Morgan fingerprint density at radius 3 is 2.38 bits per heavy atom. The molecule has 5 aromatic rings. The molecule has 0 aliphatic carbocycles. The SMILES string of the molecule is Cc1cc(Nc2ncc3cc(-c4ccccc4S(=O)(=O)C(C)C)c(=O)n(Cc4ccccc4C(F)(F)F)c3n2)ccc1N1CCNCC1. The highest BCUT2D eigenvalue weighted by atomic mass is 32.2. The van der Waals surface area contributed by atoms with Gasteiger partial charge in [0.25, 0.3) is 5.56 Å². The lowest BCUT2D eigenvalue weighted by Crippen LogP contribution is -2.43. The number of alkyl halides is 3. The number of pyridine rings is 1. The van der Waals surface area contributed by atoms with Gasteiger partial charge in [-0.25, -0.2) is 13.4 Å². The molecule has 0 radical (unpaired) electrons. The first-order valence-electron chi connectivity index (χ1n) is 15.6. The molecule has 0 spiro atoms. The fourth-order valence-corrected chi connectivity index (χ4v) is 7.24. The molecule has 250 valence electrons. The molecular formula is C35H35F3N6O3S. The predicted octanol–water partition coefficient (Wildman–Crippen LogP) is 6.17. The number of sulfone groups is 1. The number of piperazine rings is 1. The topological polar surface area (TPSA) is 109 Å². The Labute approximate surface area is 276 Å². The number of nitrogens with zero attached hydrogens (tertiary/aromatic N) is 4. The van der Waals surface area contributed by atoms with Crippen LogP contribution in [0, 0.1) is 6.92 Å². The van der Waals surface area contributed by atoms with Crippen LogP contribution >= 0.6 is 0 Å². The summed E-state index contributed by atoms with van der Waals surface area (Å²) in [5, 5.41) is 6.10. The molecular weight excluding hydrogens is 641 g/mol. The van der Waals surface area contributed by atoms with Gasteiger partial charge in [-0.05, 0) is 68.3 Å². The second-order valence-electron chi connectivity index (χ2n) is 12.0. The number of nitrogens with one attached hydrogen (secondary N) is 2. The molecule has 0 unspecified atom stereocenters. The van der Waals surface area contributed by atoms with Crippen LogP contribution in [0.4, 0.5) is 30.5 Å². The van der Waals surface area contributed by atoms with E-state index in [0.717, 1.165) is 48.1 Å². The second-order valence-corrected chi connectivity index (χ2v) is 14.5. The molecule has 3 aromatic carbocycles. The summed E-state index contributed by atoms with van der Waals surface area (Å²) in [4.78, 5) is 25.6. The molecule has 0 atom stereocenters. The number of benzene rings is 3. The average molecular weight is 677 g/mol. The van der Waals surface area contributed by atoms with Gasteiger partial charge in [0.1, 0.15) is 5.65 Å². The van der Waals surface area contributed by atoms with Crippen molar-refractivity contribution in [1.29, 1.82) is 0 Å². The molecule has 1 fully saturated rings.